The number of benzene rings is 4. The number of carbonyl (C=O) groups is 1. The molecule has 6 rings (SSSR count). The van der Waals surface area contributed by atoms with Crippen molar-refractivity contribution in [1.82, 2.24) is 4.90 Å². The molecule has 3 nitrogen and oxygen atoms in total. The van der Waals surface area contributed by atoms with E-state index in [0.29, 0.717) is 11.8 Å². The second-order valence-corrected chi connectivity index (χ2v) is 10.3. The van der Waals surface area contributed by atoms with E-state index < -0.39 is 0 Å². The van der Waals surface area contributed by atoms with Crippen LogP contribution in [0.3, 0.4) is 0 Å². The van der Waals surface area contributed by atoms with Gasteiger partial charge in [0.1, 0.15) is 0 Å². The standard InChI is InChI=1S/C33H34N2O/c1-3-18-35(19-4-2)33(36)24-16-17-30-29(21-24)27-14-9-15-28(27)32(34-30)31-25-12-7-5-10-22(25)20-23-11-6-8-13-26(23)31/h5-14,16-17,20-21,27-28,32,34H,3-4,15,18-19H2,1-2H3. The van der Waals surface area contributed by atoms with Gasteiger partial charge in [-0.05, 0) is 82.1 Å². The van der Waals surface area contributed by atoms with E-state index in [1.54, 1.807) is 0 Å². The molecule has 0 saturated heterocycles. The monoisotopic (exact) mass is 474 g/mol. The summed E-state index contributed by atoms with van der Waals surface area (Å²) in [5.41, 5.74) is 4.61. The number of rotatable bonds is 6. The van der Waals surface area contributed by atoms with Crippen LogP contribution in [0.1, 0.15) is 66.6 Å². The van der Waals surface area contributed by atoms with Crippen LogP contribution in [-0.4, -0.2) is 23.9 Å². The quantitative estimate of drug-likeness (QED) is 0.226. The third-order valence-electron chi connectivity index (χ3n) is 8.01. The van der Waals surface area contributed by atoms with Gasteiger partial charge in [-0.15, -0.1) is 0 Å². The maximum absolute atomic E-state index is 13.4. The van der Waals surface area contributed by atoms with Crippen molar-refractivity contribution >= 4 is 33.1 Å². The summed E-state index contributed by atoms with van der Waals surface area (Å²) in [4.78, 5) is 15.4. The van der Waals surface area contributed by atoms with E-state index in [1.165, 1.54) is 32.7 Å². The lowest BCUT2D eigenvalue weighted by atomic mass is 9.74. The Morgan fingerprint density at radius 3 is 2.22 bits per heavy atom. The molecule has 0 saturated carbocycles. The van der Waals surface area contributed by atoms with Crippen molar-refractivity contribution in [3.8, 4) is 0 Å². The van der Waals surface area contributed by atoms with Gasteiger partial charge in [0.2, 0.25) is 0 Å². The van der Waals surface area contributed by atoms with E-state index in [9.17, 15) is 4.79 Å². The summed E-state index contributed by atoms with van der Waals surface area (Å²) < 4.78 is 0. The Bertz CT molecular complexity index is 1410. The summed E-state index contributed by atoms with van der Waals surface area (Å²) in [6.45, 7) is 5.89. The number of allylic oxidation sites excluding steroid dienone is 2. The van der Waals surface area contributed by atoms with Gasteiger partial charge >= 0.3 is 0 Å². The molecule has 3 heteroatoms. The zero-order valence-corrected chi connectivity index (χ0v) is 21.2. The Morgan fingerprint density at radius 1 is 0.889 bits per heavy atom. The molecule has 1 heterocycles. The highest BCUT2D eigenvalue weighted by molar-refractivity contribution is 6.03. The van der Waals surface area contributed by atoms with Gasteiger partial charge in [0.15, 0.2) is 0 Å². The smallest absolute Gasteiger partial charge is 0.253 e. The molecular formula is C33H34N2O. The molecule has 0 fully saturated rings. The minimum atomic E-state index is 0.155. The predicted molar refractivity (Wildman–Crippen MR) is 151 cm³/mol. The van der Waals surface area contributed by atoms with Crippen LogP contribution in [-0.2, 0) is 0 Å². The number of amides is 1. The summed E-state index contributed by atoms with van der Waals surface area (Å²) in [7, 11) is 0. The van der Waals surface area contributed by atoms with Crippen LogP contribution in [0.25, 0.3) is 21.5 Å². The number of nitrogens with one attached hydrogen (secondary N) is 1. The van der Waals surface area contributed by atoms with Gasteiger partial charge in [-0.1, -0.05) is 74.5 Å². The van der Waals surface area contributed by atoms with E-state index >= 15 is 0 Å². The fourth-order valence-electron chi connectivity index (χ4n) is 6.43. The summed E-state index contributed by atoms with van der Waals surface area (Å²) in [5.74, 6) is 0.879. The molecule has 1 N–H and O–H groups in total. The number of carbonyl (C=O) groups excluding carboxylic acids is 1. The van der Waals surface area contributed by atoms with Crippen LogP contribution in [0, 0.1) is 5.92 Å². The zero-order valence-electron chi connectivity index (χ0n) is 21.2. The van der Waals surface area contributed by atoms with Gasteiger partial charge in [-0.3, -0.25) is 4.79 Å². The molecule has 3 unspecified atom stereocenters. The fourth-order valence-corrected chi connectivity index (χ4v) is 6.43. The van der Waals surface area contributed by atoms with E-state index in [4.69, 9.17) is 0 Å². The minimum Gasteiger partial charge on any atom is -0.378 e. The molecule has 0 bridgehead atoms. The van der Waals surface area contributed by atoms with Crippen LogP contribution in [0.5, 0.6) is 0 Å². The van der Waals surface area contributed by atoms with Crippen LogP contribution in [0.4, 0.5) is 5.69 Å². The Labute approximate surface area is 213 Å². The highest BCUT2D eigenvalue weighted by atomic mass is 16.2. The molecule has 4 aromatic rings. The number of hydrogen-bond acceptors (Lipinski definition) is 2. The molecule has 0 aromatic heterocycles. The van der Waals surface area contributed by atoms with Gasteiger partial charge in [0.25, 0.3) is 5.91 Å². The third-order valence-corrected chi connectivity index (χ3v) is 8.01. The number of nitrogens with zero attached hydrogens (tertiary/aromatic N) is 1. The van der Waals surface area contributed by atoms with Crippen molar-refractivity contribution in [2.75, 3.05) is 18.4 Å². The summed E-state index contributed by atoms with van der Waals surface area (Å²) in [5, 5.41) is 9.17. The molecule has 0 spiro atoms. The van der Waals surface area contributed by atoms with E-state index in [2.05, 4.69) is 98.0 Å². The van der Waals surface area contributed by atoms with Crippen LogP contribution < -0.4 is 5.32 Å². The van der Waals surface area contributed by atoms with Crippen molar-refractivity contribution in [3.05, 3.63) is 102 Å². The fraction of sp³-hybridized carbons (Fsp3) is 0.303. The van der Waals surface area contributed by atoms with Crippen molar-refractivity contribution in [2.45, 2.75) is 45.1 Å². The van der Waals surface area contributed by atoms with Gasteiger partial charge in [-0.25, -0.2) is 0 Å². The van der Waals surface area contributed by atoms with Crippen molar-refractivity contribution < 1.29 is 4.79 Å². The second kappa shape index (κ2) is 9.46. The largest absolute Gasteiger partial charge is 0.378 e. The summed E-state index contributed by atoms with van der Waals surface area (Å²) in [6, 6.07) is 26.4. The van der Waals surface area contributed by atoms with Crippen LogP contribution >= 0.6 is 0 Å². The summed E-state index contributed by atoms with van der Waals surface area (Å²) in [6.07, 6.45) is 7.70. The first-order valence-corrected chi connectivity index (χ1v) is 13.5. The topological polar surface area (TPSA) is 32.3 Å². The lowest BCUT2D eigenvalue weighted by molar-refractivity contribution is 0.0755. The Kier molecular flexibility index (Phi) is 6.00. The van der Waals surface area contributed by atoms with Crippen LogP contribution in [0.2, 0.25) is 0 Å². The third kappa shape index (κ3) is 3.78. The Morgan fingerprint density at radius 2 is 1.56 bits per heavy atom. The maximum Gasteiger partial charge on any atom is 0.253 e. The molecule has 1 aliphatic carbocycles. The molecular weight excluding hydrogens is 440 g/mol. The van der Waals surface area contributed by atoms with Crippen molar-refractivity contribution in [2.24, 2.45) is 5.92 Å². The normalized spacial score (nSPS) is 20.2. The number of hydrogen-bond donors (Lipinski definition) is 1. The van der Waals surface area contributed by atoms with Crippen molar-refractivity contribution in [1.29, 1.82) is 0 Å². The minimum absolute atomic E-state index is 0.155. The molecule has 4 aromatic carbocycles. The van der Waals surface area contributed by atoms with E-state index in [0.717, 1.165) is 43.6 Å². The molecule has 1 amide bonds. The van der Waals surface area contributed by atoms with Gasteiger partial charge in [0, 0.05) is 30.3 Å². The van der Waals surface area contributed by atoms with Gasteiger partial charge in [0.05, 0.1) is 6.04 Å². The zero-order chi connectivity index (χ0) is 24.6. The first-order chi connectivity index (χ1) is 17.7. The summed E-state index contributed by atoms with van der Waals surface area (Å²) >= 11 is 0. The Hall–Kier alpha value is -3.59. The molecule has 36 heavy (non-hydrogen) atoms. The van der Waals surface area contributed by atoms with Crippen molar-refractivity contribution in [3.63, 3.8) is 0 Å². The SMILES string of the molecule is CCCN(CCC)C(=O)c1ccc2c(c1)C1C=CCC1C(c1c3ccccc3cc3ccccc13)N2. The molecule has 182 valence electrons. The first-order valence-electron chi connectivity index (χ1n) is 13.5. The maximum atomic E-state index is 13.4. The number of fused-ring (bicyclic) bond motifs is 5. The number of anilines is 1. The molecule has 1 aliphatic heterocycles. The predicted octanol–water partition coefficient (Wildman–Crippen LogP) is 8.08. The molecule has 0 radical (unpaired) electrons. The Balaban J connectivity index is 1.45. The molecule has 2 aliphatic rings. The van der Waals surface area contributed by atoms with E-state index in [-0.39, 0.29) is 11.9 Å². The first kappa shape index (κ1) is 22.8. The van der Waals surface area contributed by atoms with Crippen LogP contribution in [0.15, 0.2) is 84.9 Å². The van der Waals surface area contributed by atoms with Gasteiger partial charge in [-0.2, -0.15) is 0 Å². The highest BCUT2D eigenvalue weighted by Gasteiger charge is 2.39. The molecule has 3 atom stereocenters. The van der Waals surface area contributed by atoms with Gasteiger partial charge < -0.3 is 10.2 Å². The second-order valence-electron chi connectivity index (χ2n) is 10.3. The van der Waals surface area contributed by atoms with E-state index in [1.807, 2.05) is 11.0 Å². The lowest BCUT2D eigenvalue weighted by Crippen LogP contribution is -2.33. The average Bonchev–Trinajstić information content (AvgIpc) is 3.41. The lowest BCUT2D eigenvalue weighted by Gasteiger charge is -2.39. The highest BCUT2D eigenvalue weighted by Crippen LogP contribution is 2.52. The average molecular weight is 475 g/mol.